The number of hydrogen-bond acceptors (Lipinski definition) is 3. The van der Waals surface area contributed by atoms with E-state index in [0.717, 1.165) is 24.1 Å². The zero-order chi connectivity index (χ0) is 20.7. The average Bonchev–Trinajstić information content (AvgIpc) is 3.04. The van der Waals surface area contributed by atoms with Crippen LogP contribution in [-0.2, 0) is 16.0 Å². The van der Waals surface area contributed by atoms with Crippen LogP contribution < -0.4 is 9.80 Å². The van der Waals surface area contributed by atoms with Gasteiger partial charge in [-0.1, -0.05) is 60.1 Å². The number of carbonyl (C=O) groups is 2. The molecule has 2 aliphatic rings. The molecule has 30 heavy (non-hydrogen) atoms. The lowest BCUT2D eigenvalue weighted by Crippen LogP contribution is -2.37. The molecule has 4 nitrogen and oxygen atoms in total. The van der Waals surface area contributed by atoms with E-state index in [2.05, 4.69) is 6.07 Å². The summed E-state index contributed by atoms with van der Waals surface area (Å²) in [6.07, 6.45) is 1.88. The molecule has 5 rings (SSSR count). The van der Waals surface area contributed by atoms with E-state index in [9.17, 15) is 9.59 Å². The molecule has 0 bridgehead atoms. The summed E-state index contributed by atoms with van der Waals surface area (Å²) in [5, 5.41) is 0.555. The topological polar surface area (TPSA) is 40.6 Å². The van der Waals surface area contributed by atoms with E-state index in [1.165, 1.54) is 10.5 Å². The van der Waals surface area contributed by atoms with Crippen molar-refractivity contribution in [3.63, 3.8) is 0 Å². The zero-order valence-corrected chi connectivity index (χ0v) is 17.0. The van der Waals surface area contributed by atoms with Crippen molar-refractivity contribution >= 4 is 40.4 Å². The van der Waals surface area contributed by atoms with Crippen LogP contribution in [0.2, 0.25) is 5.02 Å². The molecule has 5 heteroatoms. The van der Waals surface area contributed by atoms with Gasteiger partial charge in [-0.15, -0.1) is 0 Å². The molecule has 0 aromatic heterocycles. The molecule has 0 saturated heterocycles. The zero-order valence-electron chi connectivity index (χ0n) is 16.2. The van der Waals surface area contributed by atoms with Gasteiger partial charge in [-0.2, -0.15) is 0 Å². The third-order valence-corrected chi connectivity index (χ3v) is 5.84. The van der Waals surface area contributed by atoms with Crippen molar-refractivity contribution in [3.05, 3.63) is 101 Å². The summed E-state index contributed by atoms with van der Waals surface area (Å²) in [4.78, 5) is 30.5. The minimum absolute atomic E-state index is 0.308. The Balaban J connectivity index is 1.69. The number of para-hydroxylation sites is 1. The minimum atomic E-state index is -0.313. The molecule has 2 aliphatic heterocycles. The van der Waals surface area contributed by atoms with Crippen LogP contribution in [0, 0.1) is 0 Å². The summed E-state index contributed by atoms with van der Waals surface area (Å²) >= 11 is 6.02. The molecule has 0 N–H and O–H groups in total. The number of carbonyl (C=O) groups excluding carboxylic acids is 2. The molecule has 148 valence electrons. The average molecular weight is 415 g/mol. The maximum atomic E-state index is 13.7. The Bertz CT molecular complexity index is 1170. The number of halogens is 1. The maximum absolute atomic E-state index is 13.7. The number of hydrogen-bond donors (Lipinski definition) is 0. The van der Waals surface area contributed by atoms with Crippen LogP contribution in [0.5, 0.6) is 0 Å². The van der Waals surface area contributed by atoms with Crippen LogP contribution in [-0.4, -0.2) is 18.4 Å². The van der Waals surface area contributed by atoms with Crippen molar-refractivity contribution in [3.8, 4) is 0 Å². The molecule has 3 aromatic carbocycles. The van der Waals surface area contributed by atoms with Gasteiger partial charge in [-0.25, -0.2) is 4.90 Å². The van der Waals surface area contributed by atoms with Crippen LogP contribution in [0.1, 0.15) is 17.5 Å². The summed E-state index contributed by atoms with van der Waals surface area (Å²) in [6.45, 7) is 0.691. The number of imide groups is 1. The van der Waals surface area contributed by atoms with Crippen LogP contribution in [0.25, 0.3) is 5.57 Å². The Labute approximate surface area is 180 Å². The molecule has 0 radical (unpaired) electrons. The van der Waals surface area contributed by atoms with Gasteiger partial charge < -0.3 is 4.90 Å². The van der Waals surface area contributed by atoms with Gasteiger partial charge in [0, 0.05) is 17.3 Å². The minimum Gasteiger partial charge on any atom is -0.336 e. The van der Waals surface area contributed by atoms with Crippen molar-refractivity contribution in [2.75, 3.05) is 16.3 Å². The summed E-state index contributed by atoms with van der Waals surface area (Å²) in [6, 6.07) is 24.3. The second-order valence-corrected chi connectivity index (χ2v) is 7.83. The standard InChI is InChI=1S/C25H19ClN2O2/c26-19-12-14-20(15-13-19)28-24(29)22(18-8-2-1-3-9-18)23(25(28)30)27-16-6-10-17-7-4-5-11-21(17)27/h1-5,7-9,11-15H,6,10,16H2. The van der Waals surface area contributed by atoms with Crippen LogP contribution in [0.3, 0.4) is 0 Å². The fraction of sp³-hybridized carbons (Fsp3) is 0.120. The van der Waals surface area contributed by atoms with Gasteiger partial charge in [0.25, 0.3) is 11.8 Å². The first kappa shape index (κ1) is 18.6. The Morgan fingerprint density at radius 1 is 0.767 bits per heavy atom. The number of benzene rings is 3. The summed E-state index contributed by atoms with van der Waals surface area (Å²) in [7, 11) is 0. The fourth-order valence-electron chi connectivity index (χ4n) is 4.22. The molecule has 0 saturated carbocycles. The first-order chi connectivity index (χ1) is 14.6. The number of amides is 2. The lowest BCUT2D eigenvalue weighted by Gasteiger charge is -2.32. The van der Waals surface area contributed by atoms with Crippen molar-refractivity contribution < 1.29 is 9.59 Å². The molecule has 0 fully saturated rings. The molecule has 0 unspecified atom stereocenters. The predicted octanol–water partition coefficient (Wildman–Crippen LogP) is 5.08. The SMILES string of the molecule is O=C1C(c2ccccc2)=C(N2CCCc3ccccc32)C(=O)N1c1ccc(Cl)cc1. The first-order valence-electron chi connectivity index (χ1n) is 9.94. The van der Waals surface area contributed by atoms with E-state index in [1.54, 1.807) is 24.3 Å². The van der Waals surface area contributed by atoms with Crippen LogP contribution in [0.4, 0.5) is 11.4 Å². The van der Waals surface area contributed by atoms with Gasteiger partial charge in [0.05, 0.1) is 11.3 Å². The van der Waals surface area contributed by atoms with E-state index < -0.39 is 0 Å². The van der Waals surface area contributed by atoms with Gasteiger partial charge in [0.2, 0.25) is 0 Å². The van der Waals surface area contributed by atoms with Gasteiger partial charge in [0.15, 0.2) is 0 Å². The predicted molar refractivity (Wildman–Crippen MR) is 119 cm³/mol. The van der Waals surface area contributed by atoms with E-state index in [-0.39, 0.29) is 11.8 Å². The quantitative estimate of drug-likeness (QED) is 0.561. The molecule has 2 heterocycles. The van der Waals surface area contributed by atoms with Crippen molar-refractivity contribution in [2.24, 2.45) is 0 Å². The molecule has 3 aromatic rings. The van der Waals surface area contributed by atoms with E-state index in [0.29, 0.717) is 28.5 Å². The highest BCUT2D eigenvalue weighted by atomic mass is 35.5. The lowest BCUT2D eigenvalue weighted by molar-refractivity contribution is -0.120. The summed E-state index contributed by atoms with van der Waals surface area (Å²) in [5.74, 6) is -0.621. The van der Waals surface area contributed by atoms with Crippen molar-refractivity contribution in [2.45, 2.75) is 12.8 Å². The highest BCUT2D eigenvalue weighted by Gasteiger charge is 2.43. The molecule has 2 amide bonds. The molecule has 0 aliphatic carbocycles. The van der Waals surface area contributed by atoms with Gasteiger partial charge in [0.1, 0.15) is 5.70 Å². The van der Waals surface area contributed by atoms with Gasteiger partial charge >= 0.3 is 0 Å². The maximum Gasteiger partial charge on any atom is 0.282 e. The van der Waals surface area contributed by atoms with Crippen LogP contribution >= 0.6 is 11.6 Å². The highest BCUT2D eigenvalue weighted by molar-refractivity contribution is 6.46. The largest absolute Gasteiger partial charge is 0.336 e. The molecular formula is C25H19ClN2O2. The third-order valence-electron chi connectivity index (χ3n) is 5.59. The molecule has 0 atom stereocenters. The third kappa shape index (κ3) is 3.01. The Morgan fingerprint density at radius 2 is 1.47 bits per heavy atom. The van der Waals surface area contributed by atoms with Crippen molar-refractivity contribution in [1.82, 2.24) is 0 Å². The Kier molecular flexibility index (Phi) is 4.64. The highest BCUT2D eigenvalue weighted by Crippen LogP contribution is 2.39. The lowest BCUT2D eigenvalue weighted by atomic mass is 9.98. The number of anilines is 2. The smallest absolute Gasteiger partial charge is 0.282 e. The van der Waals surface area contributed by atoms with Crippen LogP contribution in [0.15, 0.2) is 84.6 Å². The van der Waals surface area contributed by atoms with Gasteiger partial charge in [-0.05, 0) is 54.3 Å². The number of rotatable bonds is 3. The van der Waals surface area contributed by atoms with E-state index >= 15 is 0 Å². The number of fused-ring (bicyclic) bond motifs is 1. The van der Waals surface area contributed by atoms with Gasteiger partial charge in [-0.3, -0.25) is 9.59 Å². The number of nitrogens with zero attached hydrogens (tertiary/aromatic N) is 2. The second-order valence-electron chi connectivity index (χ2n) is 7.40. The second kappa shape index (κ2) is 7.47. The molecular weight excluding hydrogens is 396 g/mol. The Morgan fingerprint density at radius 3 is 2.23 bits per heavy atom. The number of aryl methyl sites for hydroxylation is 1. The van der Waals surface area contributed by atoms with E-state index in [4.69, 9.17) is 11.6 Å². The monoisotopic (exact) mass is 414 g/mol. The normalized spacial score (nSPS) is 16.3. The summed E-state index contributed by atoms with van der Waals surface area (Å²) < 4.78 is 0. The fourth-order valence-corrected chi connectivity index (χ4v) is 4.35. The summed E-state index contributed by atoms with van der Waals surface area (Å²) in [5.41, 5.74) is 4.31. The van der Waals surface area contributed by atoms with E-state index in [1.807, 2.05) is 53.4 Å². The van der Waals surface area contributed by atoms with Crippen molar-refractivity contribution in [1.29, 1.82) is 0 Å². The molecule has 0 spiro atoms. The Hall–Kier alpha value is -3.37. The first-order valence-corrected chi connectivity index (χ1v) is 10.3.